The van der Waals surface area contributed by atoms with E-state index >= 15 is 0 Å². The minimum absolute atomic E-state index is 0.139. The first-order valence-electron chi connectivity index (χ1n) is 7.64. The Hall–Kier alpha value is -1.70. The van der Waals surface area contributed by atoms with Gasteiger partial charge in [0.25, 0.3) is 10.7 Å². The van der Waals surface area contributed by atoms with E-state index in [-0.39, 0.29) is 11.8 Å². The summed E-state index contributed by atoms with van der Waals surface area (Å²) in [5.41, 5.74) is 1.90. The molecule has 0 aliphatic carbocycles. The molecule has 1 saturated heterocycles. The SMILES string of the molecule is CC(CNC(=O)c1ccc2[nH]c(=S)oc2c1)CC1(C)OCCO1. The van der Waals surface area contributed by atoms with E-state index in [1.807, 2.05) is 6.92 Å². The number of nitrogens with one attached hydrogen (secondary N) is 2. The normalized spacial score (nSPS) is 18.2. The Balaban J connectivity index is 1.58. The number of ether oxygens (including phenoxy) is 2. The molecule has 1 fully saturated rings. The van der Waals surface area contributed by atoms with Gasteiger partial charge in [0.2, 0.25) is 0 Å². The maximum atomic E-state index is 12.3. The Bertz CT molecular complexity index is 761. The van der Waals surface area contributed by atoms with Gasteiger partial charge in [0.15, 0.2) is 11.4 Å². The standard InChI is InChI=1S/C16H20N2O4S/c1-10(8-16(2)20-5-6-21-16)9-17-14(19)11-3-4-12-13(7-11)22-15(23)18-12/h3-4,7,10H,5-6,8-9H2,1-2H3,(H,17,19)(H,18,23). The third-order valence-corrected chi connectivity index (χ3v) is 4.10. The second-order valence-corrected chi connectivity index (χ2v) is 6.45. The Morgan fingerprint density at radius 2 is 2.17 bits per heavy atom. The van der Waals surface area contributed by atoms with Crippen molar-refractivity contribution in [2.24, 2.45) is 5.92 Å². The van der Waals surface area contributed by atoms with Crippen LogP contribution in [0.15, 0.2) is 22.6 Å². The van der Waals surface area contributed by atoms with Crippen LogP contribution in [0, 0.1) is 10.8 Å². The van der Waals surface area contributed by atoms with Gasteiger partial charge in [0.1, 0.15) is 0 Å². The van der Waals surface area contributed by atoms with Gasteiger partial charge in [-0.2, -0.15) is 0 Å². The minimum Gasteiger partial charge on any atom is -0.429 e. The molecule has 1 aromatic heterocycles. The topological polar surface area (TPSA) is 76.5 Å². The molecule has 23 heavy (non-hydrogen) atoms. The zero-order valence-electron chi connectivity index (χ0n) is 13.2. The first kappa shape index (κ1) is 16.2. The molecule has 1 aliphatic rings. The van der Waals surface area contributed by atoms with E-state index < -0.39 is 5.79 Å². The summed E-state index contributed by atoms with van der Waals surface area (Å²) in [5.74, 6) is -0.436. The van der Waals surface area contributed by atoms with Crippen LogP contribution in [0.4, 0.5) is 0 Å². The number of oxazole rings is 1. The van der Waals surface area contributed by atoms with Crippen molar-refractivity contribution in [3.63, 3.8) is 0 Å². The second-order valence-electron chi connectivity index (χ2n) is 6.08. The molecule has 1 aliphatic heterocycles. The average molecular weight is 336 g/mol. The summed E-state index contributed by atoms with van der Waals surface area (Å²) in [6.45, 7) is 5.80. The number of hydrogen-bond donors (Lipinski definition) is 2. The van der Waals surface area contributed by atoms with Crippen molar-refractivity contribution < 1.29 is 18.7 Å². The fraction of sp³-hybridized carbons (Fsp3) is 0.500. The highest BCUT2D eigenvalue weighted by Crippen LogP contribution is 2.26. The van der Waals surface area contributed by atoms with Crippen LogP contribution in [-0.4, -0.2) is 36.4 Å². The van der Waals surface area contributed by atoms with Gasteiger partial charge in [-0.3, -0.25) is 4.79 Å². The summed E-state index contributed by atoms with van der Waals surface area (Å²) in [4.78, 5) is 15.5. The molecule has 1 aromatic carbocycles. The summed E-state index contributed by atoms with van der Waals surface area (Å²) in [6.07, 6.45) is 0.735. The van der Waals surface area contributed by atoms with E-state index in [2.05, 4.69) is 17.2 Å². The molecule has 7 heteroatoms. The van der Waals surface area contributed by atoms with E-state index in [9.17, 15) is 4.79 Å². The monoisotopic (exact) mass is 336 g/mol. The predicted molar refractivity (Wildman–Crippen MR) is 87.8 cm³/mol. The molecule has 1 amide bonds. The van der Waals surface area contributed by atoms with Crippen LogP contribution >= 0.6 is 12.2 Å². The molecule has 2 aromatic rings. The largest absolute Gasteiger partial charge is 0.429 e. The Morgan fingerprint density at radius 1 is 1.43 bits per heavy atom. The highest BCUT2D eigenvalue weighted by atomic mass is 32.1. The predicted octanol–water partition coefficient (Wildman–Crippen LogP) is 3.01. The molecular weight excluding hydrogens is 316 g/mol. The van der Waals surface area contributed by atoms with Crippen LogP contribution in [0.3, 0.4) is 0 Å². The molecule has 124 valence electrons. The Morgan fingerprint density at radius 3 is 2.91 bits per heavy atom. The zero-order chi connectivity index (χ0) is 16.4. The molecule has 2 N–H and O–H groups in total. The molecule has 3 rings (SSSR count). The number of carbonyl (C=O) groups excluding carboxylic acids is 1. The number of H-pyrrole nitrogens is 1. The van der Waals surface area contributed by atoms with Crippen molar-refractivity contribution in [1.29, 1.82) is 0 Å². The zero-order valence-corrected chi connectivity index (χ0v) is 14.0. The maximum Gasteiger partial charge on any atom is 0.266 e. The molecular formula is C16H20N2O4S. The van der Waals surface area contributed by atoms with Gasteiger partial charge >= 0.3 is 0 Å². The van der Waals surface area contributed by atoms with Gasteiger partial charge in [0.05, 0.1) is 18.7 Å². The lowest BCUT2D eigenvalue weighted by atomic mass is 10.0. The molecule has 6 nitrogen and oxygen atoms in total. The van der Waals surface area contributed by atoms with E-state index in [0.717, 1.165) is 11.9 Å². The maximum absolute atomic E-state index is 12.3. The van der Waals surface area contributed by atoms with Crippen LogP contribution in [0.5, 0.6) is 0 Å². The first-order valence-corrected chi connectivity index (χ1v) is 8.05. The summed E-state index contributed by atoms with van der Waals surface area (Å²) >= 11 is 4.94. The van der Waals surface area contributed by atoms with Crippen molar-refractivity contribution in [1.82, 2.24) is 10.3 Å². The summed E-state index contributed by atoms with van der Waals surface area (Å²) in [7, 11) is 0. The summed E-state index contributed by atoms with van der Waals surface area (Å²) < 4.78 is 16.5. The van der Waals surface area contributed by atoms with Gasteiger partial charge in [-0.05, 0) is 43.3 Å². The number of amides is 1. The second kappa shape index (κ2) is 6.43. The molecule has 0 radical (unpaired) electrons. The van der Waals surface area contributed by atoms with Gasteiger partial charge in [-0.15, -0.1) is 0 Å². The lowest BCUT2D eigenvalue weighted by Gasteiger charge is -2.26. The quantitative estimate of drug-likeness (QED) is 0.821. The van der Waals surface area contributed by atoms with Crippen LogP contribution in [-0.2, 0) is 9.47 Å². The van der Waals surface area contributed by atoms with E-state index in [1.165, 1.54) is 0 Å². The lowest BCUT2D eigenvalue weighted by Crippen LogP contribution is -2.34. The fourth-order valence-electron chi connectivity index (χ4n) is 2.84. The van der Waals surface area contributed by atoms with Crippen molar-refractivity contribution in [3.8, 4) is 0 Å². The summed E-state index contributed by atoms with van der Waals surface area (Å²) in [6, 6.07) is 5.22. The van der Waals surface area contributed by atoms with Gasteiger partial charge in [-0.1, -0.05) is 6.92 Å². The average Bonchev–Trinajstić information content (AvgIpc) is 3.08. The highest BCUT2D eigenvalue weighted by Gasteiger charge is 2.32. The van der Waals surface area contributed by atoms with Gasteiger partial charge in [0, 0.05) is 18.5 Å². The number of benzene rings is 1. The number of hydrogen-bond acceptors (Lipinski definition) is 5. The van der Waals surface area contributed by atoms with Gasteiger partial charge < -0.3 is 24.2 Å². The smallest absolute Gasteiger partial charge is 0.266 e. The van der Waals surface area contributed by atoms with E-state index in [4.69, 9.17) is 26.1 Å². The fourth-order valence-corrected chi connectivity index (χ4v) is 3.04. The van der Waals surface area contributed by atoms with Crippen LogP contribution in [0.2, 0.25) is 0 Å². The molecule has 0 spiro atoms. The van der Waals surface area contributed by atoms with Crippen molar-refractivity contribution in [2.75, 3.05) is 19.8 Å². The van der Waals surface area contributed by atoms with Crippen molar-refractivity contribution >= 4 is 29.2 Å². The lowest BCUT2D eigenvalue weighted by molar-refractivity contribution is -0.153. The number of rotatable bonds is 5. The number of aromatic nitrogens is 1. The van der Waals surface area contributed by atoms with Crippen molar-refractivity contribution in [3.05, 3.63) is 28.6 Å². The molecule has 0 saturated carbocycles. The first-order chi connectivity index (χ1) is 11.0. The van der Waals surface area contributed by atoms with Crippen LogP contribution in [0.25, 0.3) is 11.1 Å². The molecule has 2 heterocycles. The highest BCUT2D eigenvalue weighted by molar-refractivity contribution is 7.71. The number of fused-ring (bicyclic) bond motifs is 1. The molecule has 0 bridgehead atoms. The van der Waals surface area contributed by atoms with Crippen LogP contribution in [0.1, 0.15) is 30.6 Å². The third-order valence-electron chi connectivity index (χ3n) is 3.91. The van der Waals surface area contributed by atoms with Crippen molar-refractivity contribution in [2.45, 2.75) is 26.1 Å². The third kappa shape index (κ3) is 3.80. The van der Waals surface area contributed by atoms with Crippen LogP contribution < -0.4 is 5.32 Å². The number of carbonyl (C=O) groups is 1. The number of aromatic amines is 1. The Kier molecular flexibility index (Phi) is 4.52. The molecule has 1 atom stereocenters. The van der Waals surface area contributed by atoms with E-state index in [1.54, 1.807) is 18.2 Å². The summed E-state index contributed by atoms with van der Waals surface area (Å²) in [5, 5.41) is 2.93. The molecule has 1 unspecified atom stereocenters. The minimum atomic E-state index is -0.535. The van der Waals surface area contributed by atoms with Gasteiger partial charge in [-0.25, -0.2) is 0 Å². The van der Waals surface area contributed by atoms with E-state index in [0.29, 0.717) is 35.7 Å². The Labute approximate surface area is 139 Å².